The predicted octanol–water partition coefficient (Wildman–Crippen LogP) is 2.38. The van der Waals surface area contributed by atoms with Crippen molar-refractivity contribution in [1.29, 1.82) is 0 Å². The maximum absolute atomic E-state index is 11.8. The van der Waals surface area contributed by atoms with Crippen LogP contribution in [0.15, 0.2) is 53.4 Å². The third-order valence-corrected chi connectivity index (χ3v) is 4.03. The molecule has 0 aliphatic carbocycles. The van der Waals surface area contributed by atoms with E-state index in [1.165, 1.54) is 0 Å². The molecule has 0 amide bonds. The molecule has 2 aromatic rings. The molecule has 0 saturated carbocycles. The van der Waals surface area contributed by atoms with Crippen molar-refractivity contribution in [1.82, 2.24) is 0 Å². The molecular weight excluding hydrogens is 276 g/mol. The smallest absolute Gasteiger partial charge is 0.307 e. The Morgan fingerprint density at radius 3 is 2.45 bits per heavy atom. The Hall–Kier alpha value is -2.14. The Morgan fingerprint density at radius 1 is 1.10 bits per heavy atom. The van der Waals surface area contributed by atoms with Gasteiger partial charge in [0.1, 0.15) is 0 Å². The zero-order valence-electron chi connectivity index (χ0n) is 10.9. The third kappa shape index (κ3) is 3.24. The fourth-order valence-corrected chi connectivity index (χ4v) is 2.96. The summed E-state index contributed by atoms with van der Waals surface area (Å²) in [6.07, 6.45) is 1.07. The lowest BCUT2D eigenvalue weighted by Gasteiger charge is -2.09. The first-order chi connectivity index (χ1) is 9.38. The van der Waals surface area contributed by atoms with Crippen LogP contribution in [0, 0.1) is 0 Å². The second kappa shape index (κ2) is 5.46. The Labute approximate surface area is 117 Å². The number of carbonyl (C=O) groups is 1. The number of aliphatic carboxylic acids is 1. The van der Waals surface area contributed by atoms with Gasteiger partial charge in [-0.1, -0.05) is 42.5 Å². The molecule has 0 aliphatic heterocycles. The summed E-state index contributed by atoms with van der Waals surface area (Å²) in [5.74, 6) is -0.918. The van der Waals surface area contributed by atoms with Crippen molar-refractivity contribution >= 4 is 15.8 Å². The van der Waals surface area contributed by atoms with Crippen molar-refractivity contribution < 1.29 is 18.3 Å². The molecule has 4 nitrogen and oxygen atoms in total. The molecule has 0 bridgehead atoms. The highest BCUT2D eigenvalue weighted by molar-refractivity contribution is 7.90. The molecule has 0 heterocycles. The minimum Gasteiger partial charge on any atom is -0.481 e. The summed E-state index contributed by atoms with van der Waals surface area (Å²) in [4.78, 5) is 11.0. The fourth-order valence-electron chi connectivity index (χ4n) is 2.05. The van der Waals surface area contributed by atoms with E-state index in [-0.39, 0.29) is 11.3 Å². The van der Waals surface area contributed by atoms with Crippen LogP contribution in [0.25, 0.3) is 11.1 Å². The average molecular weight is 290 g/mol. The van der Waals surface area contributed by atoms with Gasteiger partial charge in [-0.05, 0) is 17.2 Å². The first-order valence-corrected chi connectivity index (χ1v) is 7.87. The molecule has 0 aliphatic rings. The zero-order chi connectivity index (χ0) is 14.8. The van der Waals surface area contributed by atoms with E-state index in [1.807, 2.05) is 0 Å². The van der Waals surface area contributed by atoms with Crippen LogP contribution >= 0.6 is 0 Å². The van der Waals surface area contributed by atoms with Crippen LogP contribution in [0.1, 0.15) is 5.56 Å². The molecule has 20 heavy (non-hydrogen) atoms. The Morgan fingerprint density at radius 2 is 1.80 bits per heavy atom. The molecule has 0 aromatic heterocycles. The highest BCUT2D eigenvalue weighted by Crippen LogP contribution is 2.27. The van der Waals surface area contributed by atoms with Gasteiger partial charge >= 0.3 is 5.97 Å². The molecule has 0 radical (unpaired) electrons. The van der Waals surface area contributed by atoms with Crippen molar-refractivity contribution in [2.75, 3.05) is 6.26 Å². The van der Waals surface area contributed by atoms with Crippen LogP contribution in [0.3, 0.4) is 0 Å². The van der Waals surface area contributed by atoms with Gasteiger partial charge in [-0.25, -0.2) is 8.42 Å². The van der Waals surface area contributed by atoms with Gasteiger partial charge < -0.3 is 5.11 Å². The average Bonchev–Trinajstić information content (AvgIpc) is 2.37. The molecule has 5 heteroatoms. The third-order valence-electron chi connectivity index (χ3n) is 2.88. The minimum absolute atomic E-state index is 0.0884. The van der Waals surface area contributed by atoms with E-state index in [1.54, 1.807) is 48.5 Å². The van der Waals surface area contributed by atoms with Crippen LogP contribution in [-0.4, -0.2) is 25.7 Å². The van der Waals surface area contributed by atoms with E-state index in [2.05, 4.69) is 0 Å². The van der Waals surface area contributed by atoms with E-state index < -0.39 is 15.8 Å². The number of carboxylic acids is 1. The maximum atomic E-state index is 11.8. The maximum Gasteiger partial charge on any atom is 0.307 e. The van der Waals surface area contributed by atoms with Gasteiger partial charge in [0.15, 0.2) is 9.84 Å². The standard InChI is InChI=1S/C15H14O4S/c1-20(18,19)14-8-3-2-7-13(14)12-6-4-5-11(9-12)10-15(16)17/h2-9H,10H2,1H3,(H,16,17). The van der Waals surface area contributed by atoms with Crippen LogP contribution in [-0.2, 0) is 21.1 Å². The molecule has 0 spiro atoms. The van der Waals surface area contributed by atoms with E-state index in [0.717, 1.165) is 6.26 Å². The topological polar surface area (TPSA) is 71.4 Å². The number of hydrogen-bond donors (Lipinski definition) is 1. The minimum atomic E-state index is -3.33. The van der Waals surface area contributed by atoms with E-state index in [0.29, 0.717) is 16.7 Å². The van der Waals surface area contributed by atoms with Gasteiger partial charge in [-0.3, -0.25) is 4.79 Å². The van der Waals surface area contributed by atoms with Crippen LogP contribution in [0.4, 0.5) is 0 Å². The molecule has 0 fully saturated rings. The van der Waals surface area contributed by atoms with E-state index in [9.17, 15) is 13.2 Å². The van der Waals surface area contributed by atoms with Gasteiger partial charge in [0.2, 0.25) is 0 Å². The highest BCUT2D eigenvalue weighted by Gasteiger charge is 2.14. The Kier molecular flexibility index (Phi) is 3.90. The second-order valence-corrected chi connectivity index (χ2v) is 6.52. The Balaban J connectivity index is 2.55. The SMILES string of the molecule is CS(=O)(=O)c1ccccc1-c1cccc(CC(=O)O)c1. The summed E-state index contributed by atoms with van der Waals surface area (Å²) >= 11 is 0. The number of carboxylic acid groups (broad SMARTS) is 1. The highest BCUT2D eigenvalue weighted by atomic mass is 32.2. The van der Waals surface area contributed by atoms with Crippen molar-refractivity contribution in [3.63, 3.8) is 0 Å². The lowest BCUT2D eigenvalue weighted by molar-refractivity contribution is -0.136. The van der Waals surface area contributed by atoms with Crippen LogP contribution in [0.5, 0.6) is 0 Å². The van der Waals surface area contributed by atoms with Gasteiger partial charge in [0, 0.05) is 11.8 Å². The molecule has 2 aromatic carbocycles. The van der Waals surface area contributed by atoms with Crippen LogP contribution < -0.4 is 0 Å². The summed E-state index contributed by atoms with van der Waals surface area (Å²) < 4.78 is 23.6. The van der Waals surface area contributed by atoms with Crippen LogP contribution in [0.2, 0.25) is 0 Å². The molecule has 0 unspecified atom stereocenters. The van der Waals surface area contributed by atoms with Gasteiger partial charge in [0.05, 0.1) is 11.3 Å². The normalized spacial score (nSPS) is 11.2. The largest absolute Gasteiger partial charge is 0.481 e. The predicted molar refractivity (Wildman–Crippen MR) is 76.3 cm³/mol. The molecular formula is C15H14O4S. The first-order valence-electron chi connectivity index (χ1n) is 5.98. The monoisotopic (exact) mass is 290 g/mol. The first kappa shape index (κ1) is 14.3. The lowest BCUT2D eigenvalue weighted by Crippen LogP contribution is -2.01. The summed E-state index contributed by atoms with van der Waals surface area (Å²) in [7, 11) is -3.33. The number of benzene rings is 2. The van der Waals surface area contributed by atoms with Gasteiger partial charge in [0.25, 0.3) is 0 Å². The van der Waals surface area contributed by atoms with E-state index in [4.69, 9.17) is 5.11 Å². The summed E-state index contributed by atoms with van der Waals surface area (Å²) in [5.41, 5.74) is 1.92. The van der Waals surface area contributed by atoms with Crippen molar-refractivity contribution in [2.24, 2.45) is 0 Å². The number of hydrogen-bond acceptors (Lipinski definition) is 3. The number of rotatable bonds is 4. The summed E-state index contributed by atoms with van der Waals surface area (Å²) in [6, 6.07) is 13.6. The second-order valence-electron chi connectivity index (χ2n) is 4.54. The quantitative estimate of drug-likeness (QED) is 0.938. The van der Waals surface area contributed by atoms with E-state index >= 15 is 0 Å². The summed E-state index contributed by atoms with van der Waals surface area (Å²) in [5, 5.41) is 8.82. The molecule has 0 saturated heterocycles. The van der Waals surface area contributed by atoms with Crippen molar-refractivity contribution in [3.8, 4) is 11.1 Å². The fraction of sp³-hybridized carbons (Fsp3) is 0.133. The Bertz CT molecular complexity index is 748. The zero-order valence-corrected chi connectivity index (χ0v) is 11.7. The number of sulfone groups is 1. The van der Waals surface area contributed by atoms with Gasteiger partial charge in [-0.15, -0.1) is 0 Å². The van der Waals surface area contributed by atoms with Crippen molar-refractivity contribution in [3.05, 3.63) is 54.1 Å². The van der Waals surface area contributed by atoms with Gasteiger partial charge in [-0.2, -0.15) is 0 Å². The molecule has 2 rings (SSSR count). The summed E-state index contributed by atoms with van der Waals surface area (Å²) in [6.45, 7) is 0. The molecule has 0 atom stereocenters. The lowest BCUT2D eigenvalue weighted by atomic mass is 10.0. The molecule has 104 valence electrons. The molecule has 1 N–H and O–H groups in total. The van der Waals surface area contributed by atoms with Crippen molar-refractivity contribution in [2.45, 2.75) is 11.3 Å².